The number of hydrogen-bond acceptors (Lipinski definition) is 5. The van der Waals surface area contributed by atoms with E-state index >= 15 is 0 Å². The molecule has 0 fully saturated rings. The number of halogens is 2. The fraction of sp³-hybridized carbons (Fsp3) is 0.300. The van der Waals surface area contributed by atoms with Crippen molar-refractivity contribution in [2.24, 2.45) is 0 Å². The molecule has 7 heteroatoms. The number of ether oxygens (including phenoxy) is 1. The Bertz CT molecular complexity index is 390. The van der Waals surface area contributed by atoms with Crippen molar-refractivity contribution < 1.29 is 23.1 Å². The van der Waals surface area contributed by atoms with Gasteiger partial charge < -0.3 is 9.57 Å². The molecule has 0 aromatic heterocycles. The normalized spacial score (nSPS) is 10.3. The molecule has 0 aliphatic rings. The van der Waals surface area contributed by atoms with Crippen LogP contribution in [0, 0.1) is 11.6 Å². The highest BCUT2D eigenvalue weighted by molar-refractivity contribution is 7.77. The summed E-state index contributed by atoms with van der Waals surface area (Å²) >= 11 is 3.47. The Labute approximate surface area is 102 Å². The molecule has 4 nitrogen and oxygen atoms in total. The fourth-order valence-corrected chi connectivity index (χ4v) is 1.18. The van der Waals surface area contributed by atoms with E-state index < -0.39 is 17.6 Å². The molecule has 1 N–H and O–H groups in total. The Morgan fingerprint density at radius 2 is 2.18 bits per heavy atom. The van der Waals surface area contributed by atoms with Gasteiger partial charge in [-0.25, -0.2) is 8.78 Å². The molecule has 0 heterocycles. The van der Waals surface area contributed by atoms with Gasteiger partial charge in [0.05, 0.1) is 19.6 Å². The molecule has 0 aliphatic heterocycles. The van der Waals surface area contributed by atoms with Gasteiger partial charge >= 0.3 is 5.97 Å². The van der Waals surface area contributed by atoms with Gasteiger partial charge in [-0.05, 0) is 6.07 Å². The zero-order valence-electron chi connectivity index (χ0n) is 8.78. The zero-order valence-corrected chi connectivity index (χ0v) is 9.68. The van der Waals surface area contributed by atoms with Crippen molar-refractivity contribution in [1.29, 1.82) is 0 Å². The van der Waals surface area contributed by atoms with Crippen LogP contribution in [-0.4, -0.2) is 12.6 Å². The van der Waals surface area contributed by atoms with Crippen LogP contribution < -0.4 is 4.89 Å². The van der Waals surface area contributed by atoms with Crippen LogP contribution in [0.25, 0.3) is 0 Å². The first kappa shape index (κ1) is 13.9. The van der Waals surface area contributed by atoms with Crippen LogP contribution in [0.3, 0.4) is 0 Å². The highest BCUT2D eigenvalue weighted by Gasteiger charge is 2.05. The Morgan fingerprint density at radius 3 is 2.82 bits per heavy atom. The van der Waals surface area contributed by atoms with Gasteiger partial charge in [0.2, 0.25) is 0 Å². The molecule has 0 saturated heterocycles. The van der Waals surface area contributed by atoms with Gasteiger partial charge in [-0.1, -0.05) is 23.8 Å². The van der Waals surface area contributed by atoms with Crippen LogP contribution >= 0.6 is 12.8 Å². The summed E-state index contributed by atoms with van der Waals surface area (Å²) in [6.45, 7) is 0.0405. The first-order valence-electron chi connectivity index (χ1n) is 4.74. The van der Waals surface area contributed by atoms with Gasteiger partial charge in [0.15, 0.2) is 0 Å². The average Bonchev–Trinajstić information content (AvgIpc) is 2.27. The maximum absolute atomic E-state index is 13.1. The maximum atomic E-state index is 13.1. The predicted molar refractivity (Wildman–Crippen MR) is 58.8 cm³/mol. The van der Waals surface area contributed by atoms with Gasteiger partial charge in [-0.3, -0.25) is 4.79 Å². The van der Waals surface area contributed by atoms with Gasteiger partial charge in [0, 0.05) is 11.6 Å². The minimum absolute atomic E-state index is 0.0103. The molecule has 0 unspecified atom stereocenters. The molecule has 0 atom stereocenters. The molecule has 17 heavy (non-hydrogen) atoms. The van der Waals surface area contributed by atoms with Crippen LogP contribution in [0.5, 0.6) is 0 Å². The summed E-state index contributed by atoms with van der Waals surface area (Å²) in [5.74, 6) is -1.86. The van der Waals surface area contributed by atoms with E-state index in [0.717, 1.165) is 12.1 Å². The molecule has 0 bridgehead atoms. The van der Waals surface area contributed by atoms with E-state index in [2.05, 4.69) is 17.7 Å². The minimum atomic E-state index is -0.676. The molecule has 0 radical (unpaired) electrons. The van der Waals surface area contributed by atoms with Crippen molar-refractivity contribution >= 4 is 18.8 Å². The van der Waals surface area contributed by atoms with Crippen LogP contribution in [0.1, 0.15) is 12.0 Å². The van der Waals surface area contributed by atoms with Crippen molar-refractivity contribution in [3.8, 4) is 0 Å². The van der Waals surface area contributed by atoms with Crippen LogP contribution in [0.15, 0.2) is 18.2 Å². The molecule has 0 aliphatic carbocycles. The number of carbonyl (C=O) groups excluding carboxylic acids is 1. The number of nitrogens with one attached hydrogen (secondary N) is 1. The topological polar surface area (TPSA) is 47.6 Å². The summed E-state index contributed by atoms with van der Waals surface area (Å²) in [6.07, 6.45) is 0.0103. The van der Waals surface area contributed by atoms with Crippen LogP contribution in [0.4, 0.5) is 8.78 Å². The molecule has 1 rings (SSSR count). The van der Waals surface area contributed by atoms with Gasteiger partial charge in [-0.15, -0.1) is 0 Å². The van der Waals surface area contributed by atoms with Crippen molar-refractivity contribution in [2.45, 2.75) is 13.0 Å². The van der Waals surface area contributed by atoms with Crippen LogP contribution in [-0.2, 0) is 21.0 Å². The van der Waals surface area contributed by atoms with Crippen molar-refractivity contribution in [1.82, 2.24) is 4.89 Å². The van der Waals surface area contributed by atoms with Gasteiger partial charge in [0.25, 0.3) is 0 Å². The lowest BCUT2D eigenvalue weighted by Gasteiger charge is -2.05. The summed E-state index contributed by atoms with van der Waals surface area (Å²) in [4.78, 5) is 17.1. The number of carbonyl (C=O) groups is 1. The second-order valence-corrected chi connectivity index (χ2v) is 3.29. The minimum Gasteiger partial charge on any atom is -0.376 e. The molecular weight excluding hydrogens is 252 g/mol. The number of hydrogen-bond donors (Lipinski definition) is 2. The average molecular weight is 263 g/mol. The summed E-state index contributed by atoms with van der Waals surface area (Å²) in [6, 6.07) is 3.21. The van der Waals surface area contributed by atoms with E-state index in [0.29, 0.717) is 0 Å². The Balaban J connectivity index is 2.29. The lowest BCUT2D eigenvalue weighted by Crippen LogP contribution is -2.13. The highest BCUT2D eigenvalue weighted by Crippen LogP contribution is 2.10. The smallest absolute Gasteiger partial charge is 0.328 e. The van der Waals surface area contributed by atoms with E-state index in [1.54, 1.807) is 0 Å². The third kappa shape index (κ3) is 5.12. The second-order valence-electron chi connectivity index (χ2n) is 3.10. The first-order chi connectivity index (χ1) is 8.13. The molecule has 1 aromatic carbocycles. The lowest BCUT2D eigenvalue weighted by atomic mass is 10.2. The third-order valence-corrected chi connectivity index (χ3v) is 1.97. The Kier molecular flexibility index (Phi) is 5.88. The van der Waals surface area contributed by atoms with Gasteiger partial charge in [-0.2, -0.15) is 0 Å². The first-order valence-corrected chi connectivity index (χ1v) is 5.18. The Morgan fingerprint density at radius 1 is 1.41 bits per heavy atom. The van der Waals surface area contributed by atoms with Crippen molar-refractivity contribution in [2.75, 3.05) is 6.61 Å². The van der Waals surface area contributed by atoms with Crippen LogP contribution in [0.2, 0.25) is 0 Å². The second kappa shape index (κ2) is 7.21. The molecule has 0 saturated carbocycles. The molecule has 1 aromatic rings. The molecule has 94 valence electrons. The third-order valence-electron chi connectivity index (χ3n) is 1.88. The summed E-state index contributed by atoms with van der Waals surface area (Å²) in [7, 11) is 0. The monoisotopic (exact) mass is 263 g/mol. The standard InChI is InChI=1S/C10H11F2NO3S/c11-8-2-1-7(9(12)5-8)6-15-4-3-10(14)16-13-17/h1-2,5,13,17H,3-4,6H2. The number of thiol groups is 1. The SMILES string of the molecule is O=C(CCOCc1ccc(F)cc1F)ONS. The lowest BCUT2D eigenvalue weighted by molar-refractivity contribution is -0.147. The predicted octanol–water partition coefficient (Wildman–Crippen LogP) is 1.76. The van der Waals surface area contributed by atoms with Crippen molar-refractivity contribution in [3.05, 3.63) is 35.4 Å². The number of benzene rings is 1. The maximum Gasteiger partial charge on any atom is 0.328 e. The van der Waals surface area contributed by atoms with Crippen molar-refractivity contribution in [3.63, 3.8) is 0 Å². The largest absolute Gasteiger partial charge is 0.376 e. The van der Waals surface area contributed by atoms with Gasteiger partial charge in [0.1, 0.15) is 11.6 Å². The Hall–Kier alpha value is -1.18. The number of rotatable bonds is 6. The van der Waals surface area contributed by atoms with E-state index in [-0.39, 0.29) is 25.2 Å². The molecule has 0 amide bonds. The van der Waals surface area contributed by atoms with E-state index in [1.165, 1.54) is 6.07 Å². The molecule has 0 spiro atoms. The highest BCUT2D eigenvalue weighted by atomic mass is 32.1. The quantitative estimate of drug-likeness (QED) is 0.466. The summed E-state index contributed by atoms with van der Waals surface area (Å²) in [5.41, 5.74) is 0.229. The summed E-state index contributed by atoms with van der Waals surface area (Å²) in [5, 5.41) is 0. The van der Waals surface area contributed by atoms with E-state index in [4.69, 9.17) is 4.74 Å². The zero-order chi connectivity index (χ0) is 12.7. The van der Waals surface area contributed by atoms with E-state index in [9.17, 15) is 13.6 Å². The fourth-order valence-electron chi connectivity index (χ4n) is 1.08. The molecular formula is C10H11F2NO3S. The van der Waals surface area contributed by atoms with E-state index in [1.807, 2.05) is 4.89 Å². The summed E-state index contributed by atoms with van der Waals surface area (Å²) < 4.78 is 30.7.